The van der Waals surface area contributed by atoms with Crippen LogP contribution in [0.2, 0.25) is 0 Å². The quantitative estimate of drug-likeness (QED) is 0.434. The summed E-state index contributed by atoms with van der Waals surface area (Å²) in [5, 5.41) is 8.56. The van der Waals surface area contributed by atoms with Crippen LogP contribution in [0.1, 0.15) is 78.8 Å². The molecule has 0 fully saturated rings. The van der Waals surface area contributed by atoms with Crippen LogP contribution in [0, 0.1) is 12.8 Å². The van der Waals surface area contributed by atoms with Gasteiger partial charge in [-0.05, 0) is 68.9 Å². The Morgan fingerprint density at radius 2 is 1.41 bits per heavy atom. The van der Waals surface area contributed by atoms with E-state index in [0.717, 1.165) is 31.2 Å². The number of carbonyl (C=O) groups excluding carboxylic acids is 3. The third kappa shape index (κ3) is 9.00. The molecule has 184 valence electrons. The van der Waals surface area contributed by atoms with Gasteiger partial charge in [-0.25, -0.2) is 0 Å². The molecule has 3 amide bonds. The topological polar surface area (TPSA) is 87.3 Å². The maximum Gasteiger partial charge on any atom is 0.251 e. The van der Waals surface area contributed by atoms with Crippen molar-refractivity contribution in [2.45, 2.75) is 72.4 Å². The van der Waals surface area contributed by atoms with Crippen LogP contribution in [0.25, 0.3) is 0 Å². The molecule has 6 heteroatoms. The molecule has 0 bridgehead atoms. The zero-order valence-electron chi connectivity index (χ0n) is 21.1. The van der Waals surface area contributed by atoms with Crippen molar-refractivity contribution in [3.8, 4) is 0 Å². The van der Waals surface area contributed by atoms with Crippen LogP contribution in [0.3, 0.4) is 0 Å². The van der Waals surface area contributed by atoms with Gasteiger partial charge in [0.2, 0.25) is 5.91 Å². The Hall–Kier alpha value is -3.15. The van der Waals surface area contributed by atoms with E-state index in [1.54, 1.807) is 24.3 Å². The Morgan fingerprint density at radius 1 is 0.824 bits per heavy atom. The molecule has 34 heavy (non-hydrogen) atoms. The molecular weight excluding hydrogens is 426 g/mol. The van der Waals surface area contributed by atoms with Crippen molar-refractivity contribution in [3.63, 3.8) is 0 Å². The average molecular weight is 466 g/mol. The summed E-state index contributed by atoms with van der Waals surface area (Å²) in [6, 6.07) is 13.7. The number of aryl methyl sites for hydroxylation is 2. The maximum absolute atomic E-state index is 13.0. The SMILES string of the molecule is CCCCc1ccc(C(=O)N[C@@H](CNC(=O)c2ccc(C)cc2)C(=O)NC(C)CC(C)C)cc1. The largest absolute Gasteiger partial charge is 0.352 e. The number of amides is 3. The molecule has 1 unspecified atom stereocenters. The van der Waals surface area contributed by atoms with Crippen molar-refractivity contribution in [3.05, 3.63) is 70.8 Å². The summed E-state index contributed by atoms with van der Waals surface area (Å²) in [4.78, 5) is 38.5. The van der Waals surface area contributed by atoms with E-state index in [1.165, 1.54) is 5.56 Å². The number of carbonyl (C=O) groups is 3. The molecule has 0 aromatic heterocycles. The van der Waals surface area contributed by atoms with Gasteiger partial charge in [0.25, 0.3) is 11.8 Å². The second-order valence-corrected chi connectivity index (χ2v) is 9.44. The van der Waals surface area contributed by atoms with Gasteiger partial charge in [0.15, 0.2) is 0 Å². The third-order valence-electron chi connectivity index (χ3n) is 5.65. The Kier molecular flexibility index (Phi) is 10.8. The van der Waals surface area contributed by atoms with E-state index >= 15 is 0 Å². The maximum atomic E-state index is 13.0. The molecule has 2 atom stereocenters. The summed E-state index contributed by atoms with van der Waals surface area (Å²) in [5.41, 5.74) is 3.23. The molecule has 0 aliphatic heterocycles. The molecule has 3 N–H and O–H groups in total. The number of nitrogens with one attached hydrogen (secondary N) is 3. The van der Waals surface area contributed by atoms with E-state index < -0.39 is 6.04 Å². The summed E-state index contributed by atoms with van der Waals surface area (Å²) in [5.74, 6) is -0.521. The van der Waals surface area contributed by atoms with Crippen molar-refractivity contribution in [1.29, 1.82) is 0 Å². The predicted octanol–water partition coefficient (Wildman–Crippen LogP) is 4.42. The first-order valence-electron chi connectivity index (χ1n) is 12.2. The molecule has 0 saturated heterocycles. The standard InChI is InChI=1S/C28H39N3O3/c1-6-7-8-22-11-15-24(16-12-22)27(33)31-25(28(34)30-21(5)17-19(2)3)18-29-26(32)23-13-9-20(4)10-14-23/h9-16,19,21,25H,6-8,17-18H2,1-5H3,(H,29,32)(H,30,34)(H,31,33)/t21?,25-/m0/s1. The van der Waals surface area contributed by atoms with E-state index in [0.29, 0.717) is 17.0 Å². The number of hydrogen-bond donors (Lipinski definition) is 3. The third-order valence-corrected chi connectivity index (χ3v) is 5.65. The second-order valence-electron chi connectivity index (χ2n) is 9.44. The smallest absolute Gasteiger partial charge is 0.251 e. The summed E-state index contributed by atoms with van der Waals surface area (Å²) >= 11 is 0. The molecule has 2 aromatic carbocycles. The highest BCUT2D eigenvalue weighted by Gasteiger charge is 2.24. The lowest BCUT2D eigenvalue weighted by atomic mass is 10.0. The molecule has 2 aromatic rings. The van der Waals surface area contributed by atoms with Crippen LogP contribution in [-0.2, 0) is 11.2 Å². The van der Waals surface area contributed by atoms with E-state index in [-0.39, 0.29) is 30.3 Å². The van der Waals surface area contributed by atoms with Gasteiger partial charge in [-0.2, -0.15) is 0 Å². The van der Waals surface area contributed by atoms with Gasteiger partial charge in [-0.3, -0.25) is 14.4 Å². The Morgan fingerprint density at radius 3 is 2.00 bits per heavy atom. The molecule has 0 aliphatic rings. The fourth-order valence-electron chi connectivity index (χ4n) is 3.77. The first-order valence-corrected chi connectivity index (χ1v) is 12.2. The molecule has 2 rings (SSSR count). The summed E-state index contributed by atoms with van der Waals surface area (Å²) in [6.07, 6.45) is 4.01. The molecule has 0 spiro atoms. The molecule has 0 aliphatic carbocycles. The summed E-state index contributed by atoms with van der Waals surface area (Å²) in [7, 11) is 0. The van der Waals surface area contributed by atoms with Crippen LogP contribution < -0.4 is 16.0 Å². The van der Waals surface area contributed by atoms with Gasteiger partial charge < -0.3 is 16.0 Å². The minimum atomic E-state index is -0.892. The first-order chi connectivity index (χ1) is 16.2. The van der Waals surface area contributed by atoms with Gasteiger partial charge in [0, 0.05) is 23.7 Å². The highest BCUT2D eigenvalue weighted by molar-refractivity contribution is 5.98. The van der Waals surface area contributed by atoms with Gasteiger partial charge in [0.05, 0.1) is 0 Å². The second kappa shape index (κ2) is 13.5. The number of hydrogen-bond acceptors (Lipinski definition) is 3. The lowest BCUT2D eigenvalue weighted by molar-refractivity contribution is -0.123. The normalized spacial score (nSPS) is 12.6. The zero-order chi connectivity index (χ0) is 25.1. The van der Waals surface area contributed by atoms with Gasteiger partial charge >= 0.3 is 0 Å². The van der Waals surface area contributed by atoms with Crippen molar-refractivity contribution in [2.75, 3.05) is 6.54 Å². The zero-order valence-corrected chi connectivity index (χ0v) is 21.1. The monoisotopic (exact) mass is 465 g/mol. The van der Waals surface area contributed by atoms with Crippen LogP contribution in [-0.4, -0.2) is 36.3 Å². The molecule has 0 saturated carbocycles. The molecule has 6 nitrogen and oxygen atoms in total. The molecule has 0 heterocycles. The Balaban J connectivity index is 2.08. The lowest BCUT2D eigenvalue weighted by Crippen LogP contribution is -2.54. The van der Waals surface area contributed by atoms with Crippen molar-refractivity contribution >= 4 is 17.7 Å². The molecule has 0 radical (unpaired) electrons. The lowest BCUT2D eigenvalue weighted by Gasteiger charge is -2.23. The Bertz CT molecular complexity index is 936. The summed E-state index contributed by atoms with van der Waals surface area (Å²) < 4.78 is 0. The van der Waals surface area contributed by atoms with Crippen LogP contribution in [0.4, 0.5) is 0 Å². The van der Waals surface area contributed by atoms with Gasteiger partial charge in [0.1, 0.15) is 6.04 Å². The van der Waals surface area contributed by atoms with E-state index in [2.05, 4.69) is 36.7 Å². The van der Waals surface area contributed by atoms with E-state index in [9.17, 15) is 14.4 Å². The number of unbranched alkanes of at least 4 members (excludes halogenated alkanes) is 1. The van der Waals surface area contributed by atoms with Crippen molar-refractivity contribution in [1.82, 2.24) is 16.0 Å². The fourth-order valence-corrected chi connectivity index (χ4v) is 3.77. The van der Waals surface area contributed by atoms with E-state index in [4.69, 9.17) is 0 Å². The van der Waals surface area contributed by atoms with Crippen LogP contribution in [0.5, 0.6) is 0 Å². The highest BCUT2D eigenvalue weighted by atomic mass is 16.2. The van der Waals surface area contributed by atoms with Gasteiger partial charge in [-0.1, -0.05) is 57.0 Å². The predicted molar refractivity (Wildman–Crippen MR) is 137 cm³/mol. The Labute approximate surface area is 203 Å². The minimum Gasteiger partial charge on any atom is -0.352 e. The van der Waals surface area contributed by atoms with Crippen LogP contribution in [0.15, 0.2) is 48.5 Å². The fraction of sp³-hybridized carbons (Fsp3) is 0.464. The number of rotatable bonds is 12. The van der Waals surface area contributed by atoms with Crippen LogP contribution >= 0.6 is 0 Å². The molecular formula is C28H39N3O3. The highest BCUT2D eigenvalue weighted by Crippen LogP contribution is 2.09. The van der Waals surface area contributed by atoms with Gasteiger partial charge in [-0.15, -0.1) is 0 Å². The van der Waals surface area contributed by atoms with Crippen molar-refractivity contribution < 1.29 is 14.4 Å². The number of benzene rings is 2. The first kappa shape index (κ1) is 27.1. The van der Waals surface area contributed by atoms with E-state index in [1.807, 2.05) is 38.1 Å². The minimum absolute atomic E-state index is 0.00668. The average Bonchev–Trinajstić information content (AvgIpc) is 2.80. The summed E-state index contributed by atoms with van der Waals surface area (Å²) in [6.45, 7) is 10.2. The van der Waals surface area contributed by atoms with Crippen molar-refractivity contribution in [2.24, 2.45) is 5.92 Å².